The van der Waals surface area contributed by atoms with Crippen LogP contribution in [0, 0.1) is 0 Å². The van der Waals surface area contributed by atoms with Crippen LogP contribution in [0.2, 0.25) is 0 Å². The number of benzene rings is 3. The molecule has 3 rings (SSSR count). The van der Waals surface area contributed by atoms with Crippen molar-refractivity contribution in [2.75, 3.05) is 6.61 Å². The van der Waals surface area contributed by atoms with Gasteiger partial charge in [0.2, 0.25) is 0 Å². The summed E-state index contributed by atoms with van der Waals surface area (Å²) in [5.74, 6) is 1.16. The van der Waals surface area contributed by atoms with Gasteiger partial charge in [-0.3, -0.25) is 4.79 Å². The van der Waals surface area contributed by atoms with Crippen molar-refractivity contribution < 1.29 is 14.3 Å². The molecule has 1 amide bonds. The van der Waals surface area contributed by atoms with E-state index in [1.807, 2.05) is 48.5 Å². The maximum absolute atomic E-state index is 12.4. The Morgan fingerprint density at radius 3 is 2.48 bits per heavy atom. The molecule has 0 bridgehead atoms. The zero-order chi connectivity index (χ0) is 21.9. The molecule has 6 heteroatoms. The summed E-state index contributed by atoms with van der Waals surface area (Å²) in [5, 5.41) is 4.07. The maximum Gasteiger partial charge on any atom is 0.271 e. The summed E-state index contributed by atoms with van der Waals surface area (Å²) in [6, 6.07) is 22.5. The van der Waals surface area contributed by atoms with Crippen molar-refractivity contribution in [1.82, 2.24) is 5.43 Å². The van der Waals surface area contributed by atoms with Gasteiger partial charge < -0.3 is 9.47 Å². The van der Waals surface area contributed by atoms with E-state index < -0.39 is 0 Å². The Bertz CT molecular complexity index is 1000. The van der Waals surface area contributed by atoms with E-state index in [1.54, 1.807) is 30.5 Å². The number of hydrogen-bond acceptors (Lipinski definition) is 4. The van der Waals surface area contributed by atoms with Gasteiger partial charge in [0.1, 0.15) is 18.1 Å². The van der Waals surface area contributed by atoms with E-state index in [0.29, 0.717) is 24.5 Å². The first-order chi connectivity index (χ1) is 15.2. The summed E-state index contributed by atoms with van der Waals surface area (Å²) < 4.78 is 12.6. The van der Waals surface area contributed by atoms with Gasteiger partial charge in [-0.15, -0.1) is 0 Å². The molecule has 0 aromatic heterocycles. The zero-order valence-corrected chi connectivity index (χ0v) is 19.0. The fourth-order valence-corrected chi connectivity index (χ4v) is 2.98. The van der Waals surface area contributed by atoms with Crippen LogP contribution < -0.4 is 14.9 Å². The molecule has 0 unspecified atom stereocenters. The van der Waals surface area contributed by atoms with Gasteiger partial charge in [0.25, 0.3) is 5.91 Å². The molecule has 0 aliphatic carbocycles. The fraction of sp³-hybridized carbons (Fsp3) is 0.200. The van der Waals surface area contributed by atoms with E-state index in [1.165, 1.54) is 0 Å². The Balaban J connectivity index is 1.52. The Morgan fingerprint density at radius 1 is 1.00 bits per heavy atom. The number of unbranched alkanes of at least 4 members (excludes halogenated alkanes) is 1. The highest BCUT2D eigenvalue weighted by atomic mass is 79.9. The molecule has 1 N–H and O–H groups in total. The second-order valence-corrected chi connectivity index (χ2v) is 7.79. The van der Waals surface area contributed by atoms with E-state index in [0.717, 1.165) is 34.2 Å². The summed E-state index contributed by atoms with van der Waals surface area (Å²) >= 11 is 3.42. The van der Waals surface area contributed by atoms with E-state index in [9.17, 15) is 4.79 Å². The lowest BCUT2D eigenvalue weighted by molar-refractivity contribution is 0.0955. The number of carbonyl (C=O) groups is 1. The molecule has 160 valence electrons. The predicted molar refractivity (Wildman–Crippen MR) is 127 cm³/mol. The van der Waals surface area contributed by atoms with Crippen molar-refractivity contribution in [2.24, 2.45) is 5.10 Å². The third kappa shape index (κ3) is 7.26. The highest BCUT2D eigenvalue weighted by molar-refractivity contribution is 9.10. The number of nitrogens with one attached hydrogen (secondary N) is 1. The molecule has 0 fully saturated rings. The second kappa shape index (κ2) is 11.9. The van der Waals surface area contributed by atoms with Crippen LogP contribution in [0.15, 0.2) is 82.4 Å². The van der Waals surface area contributed by atoms with Gasteiger partial charge in [0.15, 0.2) is 0 Å². The number of rotatable bonds is 10. The molecule has 0 saturated heterocycles. The highest BCUT2D eigenvalue weighted by Crippen LogP contribution is 2.17. The zero-order valence-electron chi connectivity index (χ0n) is 17.4. The van der Waals surface area contributed by atoms with E-state index in [4.69, 9.17) is 9.47 Å². The second-order valence-electron chi connectivity index (χ2n) is 6.88. The van der Waals surface area contributed by atoms with Crippen LogP contribution in [0.1, 0.15) is 41.3 Å². The number of hydrogen-bond donors (Lipinski definition) is 1. The van der Waals surface area contributed by atoms with Gasteiger partial charge in [0.05, 0.1) is 12.8 Å². The van der Waals surface area contributed by atoms with Crippen molar-refractivity contribution in [1.29, 1.82) is 0 Å². The summed E-state index contributed by atoms with van der Waals surface area (Å²) in [6.07, 6.45) is 3.65. The third-order valence-electron chi connectivity index (χ3n) is 4.48. The first kappa shape index (κ1) is 22.6. The van der Waals surface area contributed by atoms with Gasteiger partial charge in [-0.25, -0.2) is 5.43 Å². The molecular weight excluding hydrogens is 456 g/mol. The molecule has 0 radical (unpaired) electrons. The van der Waals surface area contributed by atoms with Gasteiger partial charge in [-0.2, -0.15) is 5.10 Å². The lowest BCUT2D eigenvalue weighted by atomic mass is 10.2. The first-order valence-electron chi connectivity index (χ1n) is 10.2. The van der Waals surface area contributed by atoms with Crippen molar-refractivity contribution in [3.63, 3.8) is 0 Å². The maximum atomic E-state index is 12.4. The Hall–Kier alpha value is -3.12. The smallest absolute Gasteiger partial charge is 0.271 e. The van der Waals surface area contributed by atoms with Crippen molar-refractivity contribution >= 4 is 28.1 Å². The Morgan fingerprint density at radius 2 is 1.74 bits per heavy atom. The topological polar surface area (TPSA) is 59.9 Å². The largest absolute Gasteiger partial charge is 0.493 e. The standard InChI is InChI=1S/C25H25BrN2O3/c1-2-3-16-30-24-7-5-4-6-21(24)17-27-28-25(29)20-10-14-23(15-11-20)31-18-19-8-12-22(26)13-9-19/h4-15,17H,2-3,16,18H2,1H3,(H,28,29). The minimum Gasteiger partial charge on any atom is -0.493 e. The first-order valence-corrected chi connectivity index (χ1v) is 11.0. The fourth-order valence-electron chi connectivity index (χ4n) is 2.72. The van der Waals surface area contributed by atoms with E-state index in [2.05, 4.69) is 33.4 Å². The number of para-hydroxylation sites is 1. The predicted octanol–water partition coefficient (Wildman–Crippen LogP) is 5.97. The van der Waals surface area contributed by atoms with Crippen molar-refractivity contribution in [3.8, 4) is 11.5 Å². The van der Waals surface area contributed by atoms with Crippen LogP contribution in [-0.2, 0) is 6.61 Å². The normalized spacial score (nSPS) is 10.8. The number of nitrogens with zero attached hydrogens (tertiary/aromatic N) is 1. The Labute approximate surface area is 191 Å². The quantitative estimate of drug-likeness (QED) is 0.221. The molecule has 5 nitrogen and oxygen atoms in total. The Kier molecular flexibility index (Phi) is 8.67. The monoisotopic (exact) mass is 480 g/mol. The average molecular weight is 481 g/mol. The molecule has 0 heterocycles. The molecule has 0 spiro atoms. The van der Waals surface area contributed by atoms with Gasteiger partial charge in [-0.1, -0.05) is 53.5 Å². The molecule has 0 aliphatic rings. The highest BCUT2D eigenvalue weighted by Gasteiger charge is 2.05. The molecule has 3 aromatic carbocycles. The van der Waals surface area contributed by atoms with Crippen LogP contribution in [0.25, 0.3) is 0 Å². The average Bonchev–Trinajstić information content (AvgIpc) is 2.80. The minimum atomic E-state index is -0.292. The van der Waals surface area contributed by atoms with E-state index >= 15 is 0 Å². The number of ether oxygens (including phenoxy) is 2. The van der Waals surface area contributed by atoms with Crippen LogP contribution in [0.3, 0.4) is 0 Å². The summed E-state index contributed by atoms with van der Waals surface area (Å²) in [5.41, 5.74) is 4.94. The summed E-state index contributed by atoms with van der Waals surface area (Å²) in [4.78, 5) is 12.4. The number of halogens is 1. The molecule has 31 heavy (non-hydrogen) atoms. The molecule has 0 atom stereocenters. The van der Waals surface area contributed by atoms with Gasteiger partial charge in [-0.05, 0) is 60.5 Å². The van der Waals surface area contributed by atoms with Crippen molar-refractivity contribution in [3.05, 3.63) is 94.0 Å². The number of carbonyl (C=O) groups excluding carboxylic acids is 1. The summed E-state index contributed by atoms with van der Waals surface area (Å²) in [6.45, 7) is 3.24. The van der Waals surface area contributed by atoms with Gasteiger partial charge in [0, 0.05) is 15.6 Å². The van der Waals surface area contributed by atoms with Crippen LogP contribution >= 0.6 is 15.9 Å². The van der Waals surface area contributed by atoms with Gasteiger partial charge >= 0.3 is 0 Å². The SMILES string of the molecule is CCCCOc1ccccc1C=NNC(=O)c1ccc(OCc2ccc(Br)cc2)cc1. The van der Waals surface area contributed by atoms with Crippen LogP contribution in [0.5, 0.6) is 11.5 Å². The van der Waals surface area contributed by atoms with Crippen LogP contribution in [-0.4, -0.2) is 18.7 Å². The van der Waals surface area contributed by atoms with Crippen molar-refractivity contribution in [2.45, 2.75) is 26.4 Å². The lowest BCUT2D eigenvalue weighted by Crippen LogP contribution is -2.17. The minimum absolute atomic E-state index is 0.292. The molecular formula is C25H25BrN2O3. The van der Waals surface area contributed by atoms with E-state index in [-0.39, 0.29) is 5.91 Å². The summed E-state index contributed by atoms with van der Waals surface area (Å²) in [7, 11) is 0. The molecule has 3 aromatic rings. The molecule has 0 aliphatic heterocycles. The third-order valence-corrected chi connectivity index (χ3v) is 5.01. The number of amides is 1. The van der Waals surface area contributed by atoms with Crippen LogP contribution in [0.4, 0.5) is 0 Å². The molecule has 0 saturated carbocycles. The number of hydrazone groups is 1. The lowest BCUT2D eigenvalue weighted by Gasteiger charge is -2.08.